The number of hydrogen-bond donors (Lipinski definition) is 1. The van der Waals surface area contributed by atoms with Gasteiger partial charge in [-0.2, -0.15) is 5.10 Å². The third-order valence-corrected chi connectivity index (χ3v) is 8.32. The molecule has 1 aromatic carbocycles. The van der Waals surface area contributed by atoms with Gasteiger partial charge in [0, 0.05) is 36.0 Å². The van der Waals surface area contributed by atoms with Crippen molar-refractivity contribution in [3.8, 4) is 27.5 Å². The number of pyridine rings is 1. The average molecular weight is 485 g/mol. The highest BCUT2D eigenvalue weighted by molar-refractivity contribution is 7.19. The lowest BCUT2D eigenvalue weighted by Gasteiger charge is -2.27. The predicted molar refractivity (Wildman–Crippen MR) is 139 cm³/mol. The molecule has 3 heterocycles. The second-order valence-electron chi connectivity index (χ2n) is 9.40. The van der Waals surface area contributed by atoms with Crippen LogP contribution in [0.25, 0.3) is 27.5 Å². The number of anilines is 1. The van der Waals surface area contributed by atoms with Gasteiger partial charge >= 0.3 is 0 Å². The number of fused-ring (bicyclic) bond motifs is 3. The Hall–Kier alpha value is -3.36. The number of rotatable bonds is 6. The molecule has 0 aliphatic heterocycles. The first-order chi connectivity index (χ1) is 17.0. The minimum Gasteiger partial charge on any atom is -0.302 e. The highest BCUT2D eigenvalue weighted by Crippen LogP contribution is 2.50. The van der Waals surface area contributed by atoms with E-state index in [1.165, 1.54) is 42.2 Å². The van der Waals surface area contributed by atoms with Crippen LogP contribution in [0.4, 0.5) is 5.13 Å². The number of nitrogens with one attached hydrogen (secondary N) is 1. The van der Waals surface area contributed by atoms with E-state index >= 15 is 0 Å². The Balaban J connectivity index is 1.48. The Morgan fingerprint density at radius 2 is 2.00 bits per heavy atom. The maximum atomic E-state index is 11.7. The molecule has 35 heavy (non-hydrogen) atoms. The minimum atomic E-state index is -0.109. The van der Waals surface area contributed by atoms with Gasteiger partial charge in [0.15, 0.2) is 5.13 Å². The number of carbonyl (C=O) groups is 1. The van der Waals surface area contributed by atoms with Crippen LogP contribution in [0.15, 0.2) is 48.8 Å². The Morgan fingerprint density at radius 3 is 2.66 bits per heavy atom. The van der Waals surface area contributed by atoms with E-state index in [-0.39, 0.29) is 11.4 Å². The molecular weight excluding hydrogens is 456 g/mol. The number of thiazole rings is 1. The molecule has 4 aromatic rings. The van der Waals surface area contributed by atoms with Crippen LogP contribution in [0.1, 0.15) is 43.5 Å². The van der Waals surface area contributed by atoms with Gasteiger partial charge in [0.2, 0.25) is 5.91 Å². The quantitative estimate of drug-likeness (QED) is 0.414. The smallest absolute Gasteiger partial charge is 0.223 e. The lowest BCUT2D eigenvalue weighted by molar-refractivity contribution is -0.114. The van der Waals surface area contributed by atoms with E-state index in [2.05, 4.69) is 64.2 Å². The van der Waals surface area contributed by atoms with E-state index in [0.717, 1.165) is 52.6 Å². The fraction of sp³-hybridized carbons (Fsp3) is 0.333. The summed E-state index contributed by atoms with van der Waals surface area (Å²) < 4.78 is 2.05. The number of carbonyl (C=O) groups excluding carboxylic acids is 1. The molecule has 0 spiro atoms. The second kappa shape index (κ2) is 8.39. The molecular formula is C27H28N6OS. The summed E-state index contributed by atoms with van der Waals surface area (Å²) in [6.45, 7) is 4.76. The number of amides is 1. The third-order valence-electron chi connectivity index (χ3n) is 7.30. The van der Waals surface area contributed by atoms with Crippen molar-refractivity contribution in [1.82, 2.24) is 24.6 Å². The molecule has 178 valence electrons. The molecule has 6 rings (SSSR count). The van der Waals surface area contributed by atoms with Crippen molar-refractivity contribution in [3.05, 3.63) is 65.6 Å². The van der Waals surface area contributed by atoms with Gasteiger partial charge in [-0.3, -0.25) is 14.7 Å². The lowest BCUT2D eigenvalue weighted by Crippen LogP contribution is -2.31. The van der Waals surface area contributed by atoms with Gasteiger partial charge < -0.3 is 5.32 Å². The second-order valence-corrected chi connectivity index (χ2v) is 10.4. The monoisotopic (exact) mass is 484 g/mol. The van der Waals surface area contributed by atoms with Crippen LogP contribution in [-0.4, -0.2) is 44.1 Å². The zero-order chi connectivity index (χ0) is 24.2. The van der Waals surface area contributed by atoms with Crippen LogP contribution in [0.3, 0.4) is 0 Å². The fourth-order valence-electron chi connectivity index (χ4n) is 5.22. The summed E-state index contributed by atoms with van der Waals surface area (Å²) in [7, 11) is 2.21. The van der Waals surface area contributed by atoms with Crippen molar-refractivity contribution in [2.75, 3.05) is 18.9 Å². The summed E-state index contributed by atoms with van der Waals surface area (Å²) in [6, 6.07) is 12.9. The van der Waals surface area contributed by atoms with Gasteiger partial charge in [-0.15, -0.1) is 0 Å². The van der Waals surface area contributed by atoms with Crippen LogP contribution in [0, 0.1) is 0 Å². The standard InChI is InChI=1S/C27H28N6OS/c1-4-32(3)27(13-14-27)19-7-9-20(10-8-19)33-24-21(23(31-33)18-6-5-15-28-16-18)11-12-22-25(24)35-26(30-22)29-17(2)34/h5-10,15-16H,4,11-14H2,1-3H3,(H,29,30,34). The summed E-state index contributed by atoms with van der Waals surface area (Å²) in [5.74, 6) is -0.109. The summed E-state index contributed by atoms with van der Waals surface area (Å²) in [5, 5.41) is 8.62. The molecule has 1 N–H and O–H groups in total. The Bertz CT molecular complexity index is 1400. The fourth-order valence-corrected chi connectivity index (χ4v) is 6.34. The summed E-state index contributed by atoms with van der Waals surface area (Å²) in [5.41, 5.74) is 7.83. The molecule has 8 heteroatoms. The van der Waals surface area contributed by atoms with Crippen molar-refractivity contribution in [2.45, 2.75) is 45.1 Å². The Morgan fingerprint density at radius 1 is 1.20 bits per heavy atom. The van der Waals surface area contributed by atoms with Crippen molar-refractivity contribution < 1.29 is 4.79 Å². The van der Waals surface area contributed by atoms with Crippen LogP contribution < -0.4 is 5.32 Å². The highest BCUT2D eigenvalue weighted by atomic mass is 32.1. The van der Waals surface area contributed by atoms with Crippen molar-refractivity contribution in [2.24, 2.45) is 0 Å². The molecule has 2 aliphatic carbocycles. The van der Waals surface area contributed by atoms with Gasteiger partial charge in [-0.1, -0.05) is 30.4 Å². The number of nitrogens with zero attached hydrogens (tertiary/aromatic N) is 5. The van der Waals surface area contributed by atoms with E-state index in [1.54, 1.807) is 6.20 Å². The average Bonchev–Trinajstić information content (AvgIpc) is 3.44. The van der Waals surface area contributed by atoms with E-state index in [4.69, 9.17) is 10.1 Å². The zero-order valence-electron chi connectivity index (χ0n) is 20.2. The lowest BCUT2D eigenvalue weighted by atomic mass is 9.95. The predicted octanol–water partition coefficient (Wildman–Crippen LogP) is 5.06. The zero-order valence-corrected chi connectivity index (χ0v) is 21.0. The SMILES string of the molecule is CCN(C)C1(c2ccc(-n3nc(-c4cccnc4)c4c3-c3sc(NC(C)=O)nc3CC4)cc2)CC1. The molecule has 3 aromatic heterocycles. The summed E-state index contributed by atoms with van der Waals surface area (Å²) in [6.07, 6.45) is 7.73. The Labute approximate surface area is 208 Å². The number of hydrogen-bond acceptors (Lipinski definition) is 6. The van der Waals surface area contributed by atoms with Crippen molar-refractivity contribution >= 4 is 22.4 Å². The number of benzene rings is 1. The van der Waals surface area contributed by atoms with Crippen LogP contribution >= 0.6 is 11.3 Å². The van der Waals surface area contributed by atoms with Gasteiger partial charge in [0.25, 0.3) is 0 Å². The van der Waals surface area contributed by atoms with Crippen molar-refractivity contribution in [3.63, 3.8) is 0 Å². The maximum Gasteiger partial charge on any atom is 0.223 e. The highest BCUT2D eigenvalue weighted by Gasteiger charge is 2.47. The van der Waals surface area contributed by atoms with Gasteiger partial charge in [0.05, 0.1) is 27.6 Å². The van der Waals surface area contributed by atoms with E-state index in [1.807, 2.05) is 12.3 Å². The molecule has 2 aliphatic rings. The summed E-state index contributed by atoms with van der Waals surface area (Å²) in [4.78, 5) is 24.2. The topological polar surface area (TPSA) is 75.9 Å². The van der Waals surface area contributed by atoms with Crippen LogP contribution in [0.2, 0.25) is 0 Å². The third kappa shape index (κ3) is 3.68. The molecule has 1 amide bonds. The van der Waals surface area contributed by atoms with Gasteiger partial charge in [-0.25, -0.2) is 9.67 Å². The largest absolute Gasteiger partial charge is 0.302 e. The molecule has 0 unspecified atom stereocenters. The van der Waals surface area contributed by atoms with Gasteiger partial charge in [-0.05, 0) is 69.1 Å². The molecule has 0 atom stereocenters. The van der Waals surface area contributed by atoms with E-state index in [0.29, 0.717) is 5.13 Å². The molecule has 1 fully saturated rings. The molecule has 0 bridgehead atoms. The summed E-state index contributed by atoms with van der Waals surface area (Å²) >= 11 is 1.52. The normalized spacial score (nSPS) is 15.5. The van der Waals surface area contributed by atoms with Crippen LogP contribution in [-0.2, 0) is 23.2 Å². The first-order valence-corrected chi connectivity index (χ1v) is 12.9. The number of aromatic nitrogens is 4. The van der Waals surface area contributed by atoms with E-state index < -0.39 is 0 Å². The molecule has 1 saturated carbocycles. The Kier molecular flexibility index (Phi) is 5.30. The minimum absolute atomic E-state index is 0.109. The molecule has 0 radical (unpaired) electrons. The molecule has 7 nitrogen and oxygen atoms in total. The maximum absolute atomic E-state index is 11.7. The first kappa shape index (κ1) is 22.1. The van der Waals surface area contributed by atoms with Crippen LogP contribution in [0.5, 0.6) is 0 Å². The molecule has 0 saturated heterocycles. The first-order valence-electron chi connectivity index (χ1n) is 12.1. The van der Waals surface area contributed by atoms with Gasteiger partial charge in [0.1, 0.15) is 0 Å². The van der Waals surface area contributed by atoms with E-state index in [9.17, 15) is 4.79 Å². The number of aryl methyl sites for hydroxylation is 1. The van der Waals surface area contributed by atoms with Crippen molar-refractivity contribution in [1.29, 1.82) is 0 Å².